The number of morpholine rings is 1. The highest BCUT2D eigenvalue weighted by Crippen LogP contribution is 2.21. The Morgan fingerprint density at radius 1 is 1.35 bits per heavy atom. The largest absolute Gasteiger partial charge is 0.373 e. The Morgan fingerprint density at radius 2 is 2.00 bits per heavy atom. The number of ether oxygens (including phenoxy) is 1. The summed E-state index contributed by atoms with van der Waals surface area (Å²) >= 11 is 5.82. The Morgan fingerprint density at radius 3 is 2.55 bits per heavy atom. The van der Waals surface area contributed by atoms with Crippen molar-refractivity contribution in [1.29, 1.82) is 0 Å². The maximum absolute atomic E-state index is 12.0. The number of hydrogen-bond donors (Lipinski definition) is 0. The van der Waals surface area contributed by atoms with Crippen molar-refractivity contribution in [2.75, 3.05) is 44.6 Å². The lowest BCUT2D eigenvalue weighted by molar-refractivity contribution is 0.0554. The van der Waals surface area contributed by atoms with Crippen LogP contribution < -0.4 is 4.90 Å². The molecule has 2 rings (SSSR count). The Balaban J connectivity index is 2.16. The predicted molar refractivity (Wildman–Crippen MR) is 80.0 cm³/mol. The van der Waals surface area contributed by atoms with Crippen LogP contribution in [0.3, 0.4) is 0 Å². The minimum atomic E-state index is -3.37. The molecule has 7 heteroatoms. The minimum absolute atomic E-state index is 0.0237. The summed E-state index contributed by atoms with van der Waals surface area (Å²) in [4.78, 5) is 2.45. The van der Waals surface area contributed by atoms with Gasteiger partial charge < -0.3 is 9.64 Å². The Labute approximate surface area is 125 Å². The summed E-state index contributed by atoms with van der Waals surface area (Å²) in [6.07, 6.45) is 0.0237. The fourth-order valence-electron chi connectivity index (χ4n) is 2.09. The Bertz CT molecular complexity index is 545. The highest BCUT2D eigenvalue weighted by atomic mass is 35.5. The molecule has 5 nitrogen and oxygen atoms in total. The van der Waals surface area contributed by atoms with E-state index in [9.17, 15) is 8.42 Å². The van der Waals surface area contributed by atoms with E-state index < -0.39 is 10.0 Å². The van der Waals surface area contributed by atoms with Gasteiger partial charge in [-0.1, -0.05) is 0 Å². The molecule has 1 fully saturated rings. The van der Waals surface area contributed by atoms with E-state index in [4.69, 9.17) is 16.3 Å². The average Bonchev–Trinajstić information content (AvgIpc) is 2.47. The maximum Gasteiger partial charge on any atom is 0.242 e. The van der Waals surface area contributed by atoms with E-state index in [1.165, 1.54) is 18.4 Å². The molecule has 112 valence electrons. The SMILES string of the molecule is CN(C)S(=O)(=O)c1ccc(N2CCOC(CCl)C2)cc1. The third-order valence-corrected chi connectivity index (χ3v) is 5.46. The molecule has 0 radical (unpaired) electrons. The molecule has 1 unspecified atom stereocenters. The molecule has 1 saturated heterocycles. The minimum Gasteiger partial charge on any atom is -0.373 e. The molecule has 1 aliphatic heterocycles. The van der Waals surface area contributed by atoms with Crippen molar-refractivity contribution in [2.45, 2.75) is 11.0 Å². The average molecular weight is 319 g/mol. The predicted octanol–water partition coefficient (Wildman–Crippen LogP) is 1.38. The first kappa shape index (κ1) is 15.6. The number of alkyl halides is 1. The zero-order chi connectivity index (χ0) is 14.8. The molecule has 0 N–H and O–H groups in total. The van der Waals surface area contributed by atoms with E-state index in [0.29, 0.717) is 17.4 Å². The number of benzene rings is 1. The lowest BCUT2D eigenvalue weighted by Crippen LogP contribution is -2.43. The van der Waals surface area contributed by atoms with Gasteiger partial charge in [0, 0.05) is 32.9 Å². The molecule has 1 atom stereocenters. The summed E-state index contributed by atoms with van der Waals surface area (Å²) in [5.74, 6) is 0.462. The molecule has 1 aromatic rings. The van der Waals surface area contributed by atoms with Crippen LogP contribution in [0.25, 0.3) is 0 Å². The van der Waals surface area contributed by atoms with E-state index in [1.807, 2.05) is 12.1 Å². The molecule has 0 amide bonds. The van der Waals surface area contributed by atoms with Crippen LogP contribution in [-0.4, -0.2) is 58.5 Å². The van der Waals surface area contributed by atoms with Crippen LogP contribution >= 0.6 is 11.6 Å². The van der Waals surface area contributed by atoms with Gasteiger partial charge in [-0.15, -0.1) is 11.6 Å². The van der Waals surface area contributed by atoms with Crippen LogP contribution in [0.5, 0.6) is 0 Å². The van der Waals surface area contributed by atoms with Crippen molar-refractivity contribution < 1.29 is 13.2 Å². The van der Waals surface area contributed by atoms with Gasteiger partial charge in [-0.2, -0.15) is 0 Å². The lowest BCUT2D eigenvalue weighted by Gasteiger charge is -2.33. The number of rotatable bonds is 4. The third-order valence-electron chi connectivity index (χ3n) is 3.29. The normalized spacial score (nSPS) is 20.4. The van der Waals surface area contributed by atoms with Crippen LogP contribution in [0.4, 0.5) is 5.69 Å². The van der Waals surface area contributed by atoms with Crippen LogP contribution in [0.1, 0.15) is 0 Å². The van der Waals surface area contributed by atoms with Gasteiger partial charge >= 0.3 is 0 Å². The van der Waals surface area contributed by atoms with Gasteiger partial charge in [0.25, 0.3) is 0 Å². The van der Waals surface area contributed by atoms with E-state index in [-0.39, 0.29) is 6.10 Å². The zero-order valence-corrected chi connectivity index (χ0v) is 13.2. The number of sulfonamides is 1. The molecular weight excluding hydrogens is 300 g/mol. The van der Waals surface area contributed by atoms with Crippen LogP contribution in [0, 0.1) is 0 Å². The Hall–Kier alpha value is -0.820. The van der Waals surface area contributed by atoms with Gasteiger partial charge in [0.15, 0.2) is 0 Å². The third kappa shape index (κ3) is 3.25. The molecular formula is C13H19ClN2O3S. The standard InChI is InChI=1S/C13H19ClN2O3S/c1-15(2)20(17,18)13-5-3-11(4-6-13)16-7-8-19-12(9-14)10-16/h3-6,12H,7-10H2,1-2H3. The van der Waals surface area contributed by atoms with Crippen LogP contribution in [0.2, 0.25) is 0 Å². The topological polar surface area (TPSA) is 49.9 Å². The molecule has 1 aliphatic rings. The van der Waals surface area contributed by atoms with Crippen molar-refractivity contribution in [3.05, 3.63) is 24.3 Å². The molecule has 1 aromatic carbocycles. The van der Waals surface area contributed by atoms with Gasteiger partial charge in [-0.05, 0) is 24.3 Å². The maximum atomic E-state index is 12.0. The quantitative estimate of drug-likeness (QED) is 0.787. The van der Waals surface area contributed by atoms with E-state index in [1.54, 1.807) is 12.1 Å². The van der Waals surface area contributed by atoms with Gasteiger partial charge in [0.05, 0.1) is 23.5 Å². The number of anilines is 1. The molecule has 0 spiro atoms. The van der Waals surface area contributed by atoms with Gasteiger partial charge in [-0.3, -0.25) is 0 Å². The second-order valence-electron chi connectivity index (χ2n) is 4.87. The molecule has 20 heavy (non-hydrogen) atoms. The highest BCUT2D eigenvalue weighted by molar-refractivity contribution is 7.89. The smallest absolute Gasteiger partial charge is 0.242 e. The second-order valence-corrected chi connectivity index (χ2v) is 7.33. The highest BCUT2D eigenvalue weighted by Gasteiger charge is 2.21. The van der Waals surface area contributed by atoms with Crippen molar-refractivity contribution in [3.63, 3.8) is 0 Å². The van der Waals surface area contributed by atoms with Gasteiger partial charge in [0.1, 0.15) is 0 Å². The van der Waals surface area contributed by atoms with Gasteiger partial charge in [0.2, 0.25) is 10.0 Å². The van der Waals surface area contributed by atoms with Crippen molar-refractivity contribution >= 4 is 27.3 Å². The fraction of sp³-hybridized carbons (Fsp3) is 0.538. The lowest BCUT2D eigenvalue weighted by atomic mass is 10.2. The number of nitrogens with zero attached hydrogens (tertiary/aromatic N) is 2. The first-order valence-electron chi connectivity index (χ1n) is 6.40. The number of halogens is 1. The fourth-order valence-corrected chi connectivity index (χ4v) is 3.18. The van der Waals surface area contributed by atoms with Crippen LogP contribution in [-0.2, 0) is 14.8 Å². The van der Waals surface area contributed by atoms with Crippen molar-refractivity contribution in [3.8, 4) is 0 Å². The van der Waals surface area contributed by atoms with E-state index in [2.05, 4.69) is 4.90 Å². The summed E-state index contributed by atoms with van der Waals surface area (Å²) in [5, 5.41) is 0. The zero-order valence-electron chi connectivity index (χ0n) is 11.6. The summed E-state index contributed by atoms with van der Waals surface area (Å²) < 4.78 is 30.7. The first-order chi connectivity index (χ1) is 9.45. The van der Waals surface area contributed by atoms with Gasteiger partial charge in [-0.25, -0.2) is 12.7 Å². The molecule has 1 heterocycles. The first-order valence-corrected chi connectivity index (χ1v) is 8.37. The monoisotopic (exact) mass is 318 g/mol. The molecule has 0 saturated carbocycles. The summed E-state index contributed by atoms with van der Waals surface area (Å²) in [6.45, 7) is 2.14. The van der Waals surface area contributed by atoms with Crippen LogP contribution in [0.15, 0.2) is 29.2 Å². The number of hydrogen-bond acceptors (Lipinski definition) is 4. The molecule has 0 bridgehead atoms. The van der Waals surface area contributed by atoms with Crippen molar-refractivity contribution in [2.24, 2.45) is 0 Å². The molecule has 0 aliphatic carbocycles. The Kier molecular flexibility index (Phi) is 4.90. The van der Waals surface area contributed by atoms with E-state index in [0.717, 1.165) is 18.8 Å². The van der Waals surface area contributed by atoms with Crippen molar-refractivity contribution in [1.82, 2.24) is 4.31 Å². The second kappa shape index (κ2) is 6.30. The summed E-state index contributed by atoms with van der Waals surface area (Å²) in [7, 11) is -0.323. The summed E-state index contributed by atoms with van der Waals surface area (Å²) in [5.41, 5.74) is 0.987. The summed E-state index contributed by atoms with van der Waals surface area (Å²) in [6, 6.07) is 6.92. The molecule has 0 aromatic heterocycles. The van der Waals surface area contributed by atoms with E-state index >= 15 is 0 Å².